The van der Waals surface area contributed by atoms with Gasteiger partial charge in [-0.3, -0.25) is 0 Å². The van der Waals surface area contributed by atoms with Crippen molar-refractivity contribution in [1.82, 2.24) is 20.2 Å². The van der Waals surface area contributed by atoms with Crippen LogP contribution in [0.5, 0.6) is 0 Å². The molecule has 20 heavy (non-hydrogen) atoms. The fraction of sp³-hybridized carbons (Fsp3) is 0. The van der Waals surface area contributed by atoms with Crippen molar-refractivity contribution in [1.29, 1.82) is 0 Å². The lowest BCUT2D eigenvalue weighted by Crippen LogP contribution is -2.02. The van der Waals surface area contributed by atoms with Crippen molar-refractivity contribution in [3.8, 4) is 17.1 Å². The Morgan fingerprint density at radius 3 is 2.70 bits per heavy atom. The Balaban J connectivity index is 2.18. The number of halogens is 2. The summed E-state index contributed by atoms with van der Waals surface area (Å²) in [4.78, 5) is 0. The average molecular weight is 290 g/mol. The van der Waals surface area contributed by atoms with Gasteiger partial charge in [0.1, 0.15) is 5.82 Å². The summed E-state index contributed by atoms with van der Waals surface area (Å²) in [6.07, 6.45) is 0. The van der Waals surface area contributed by atoms with Gasteiger partial charge in [0.25, 0.3) is 0 Å². The van der Waals surface area contributed by atoms with Crippen LogP contribution in [0.15, 0.2) is 42.5 Å². The molecular weight excluding hydrogens is 281 g/mol. The van der Waals surface area contributed by atoms with Crippen molar-refractivity contribution >= 4 is 17.3 Å². The maximum atomic E-state index is 14.0. The first-order chi connectivity index (χ1) is 9.66. The zero-order chi connectivity index (χ0) is 14.1. The van der Waals surface area contributed by atoms with Crippen molar-refractivity contribution < 1.29 is 4.39 Å². The second-order valence-electron chi connectivity index (χ2n) is 4.10. The molecule has 0 radical (unpaired) electrons. The van der Waals surface area contributed by atoms with E-state index in [1.54, 1.807) is 30.3 Å². The number of rotatable bonds is 2. The van der Waals surface area contributed by atoms with Gasteiger partial charge in [-0.1, -0.05) is 23.7 Å². The van der Waals surface area contributed by atoms with E-state index in [1.807, 2.05) is 0 Å². The van der Waals surface area contributed by atoms with Crippen LogP contribution in [0, 0.1) is 5.82 Å². The summed E-state index contributed by atoms with van der Waals surface area (Å²) < 4.78 is 15.4. The van der Waals surface area contributed by atoms with Gasteiger partial charge in [-0.2, -0.15) is 4.68 Å². The maximum Gasteiger partial charge on any atom is 0.190 e. The number of tetrazole rings is 1. The molecule has 5 nitrogen and oxygen atoms in total. The molecule has 0 amide bonds. The predicted molar refractivity (Wildman–Crippen MR) is 74.0 cm³/mol. The topological polar surface area (TPSA) is 69.6 Å². The van der Waals surface area contributed by atoms with E-state index in [2.05, 4.69) is 15.5 Å². The van der Waals surface area contributed by atoms with Gasteiger partial charge in [0, 0.05) is 5.69 Å². The molecule has 0 saturated carbocycles. The number of nitrogen functional groups attached to an aromatic ring is 1. The fourth-order valence-electron chi connectivity index (χ4n) is 1.85. The van der Waals surface area contributed by atoms with Gasteiger partial charge in [-0.15, -0.1) is 5.10 Å². The molecule has 0 aliphatic heterocycles. The van der Waals surface area contributed by atoms with Crippen molar-refractivity contribution in [3.63, 3.8) is 0 Å². The molecule has 3 rings (SSSR count). The third-order valence-corrected chi connectivity index (χ3v) is 3.10. The molecule has 0 aliphatic carbocycles. The molecule has 0 unspecified atom stereocenters. The van der Waals surface area contributed by atoms with E-state index in [0.29, 0.717) is 16.4 Å². The number of anilines is 1. The first kappa shape index (κ1) is 12.6. The Labute approximate surface area is 118 Å². The van der Waals surface area contributed by atoms with Gasteiger partial charge < -0.3 is 5.73 Å². The molecule has 0 bridgehead atoms. The Morgan fingerprint density at radius 2 is 1.95 bits per heavy atom. The van der Waals surface area contributed by atoms with Crippen molar-refractivity contribution in [3.05, 3.63) is 53.3 Å². The second kappa shape index (κ2) is 4.90. The highest BCUT2D eigenvalue weighted by Gasteiger charge is 2.16. The van der Waals surface area contributed by atoms with Crippen LogP contribution in [-0.2, 0) is 0 Å². The first-order valence-electron chi connectivity index (χ1n) is 5.75. The van der Waals surface area contributed by atoms with Crippen LogP contribution in [0.25, 0.3) is 17.1 Å². The van der Waals surface area contributed by atoms with Gasteiger partial charge >= 0.3 is 0 Å². The number of nitrogens with two attached hydrogens (primary N) is 1. The maximum absolute atomic E-state index is 14.0. The van der Waals surface area contributed by atoms with Gasteiger partial charge in [-0.05, 0) is 40.8 Å². The molecule has 0 fully saturated rings. The van der Waals surface area contributed by atoms with E-state index in [9.17, 15) is 4.39 Å². The van der Waals surface area contributed by atoms with E-state index < -0.39 is 5.82 Å². The Bertz CT molecular complexity index is 771. The summed E-state index contributed by atoms with van der Waals surface area (Å²) >= 11 is 6.11. The number of aromatic nitrogens is 4. The van der Waals surface area contributed by atoms with Crippen LogP contribution in [0.2, 0.25) is 5.02 Å². The number of para-hydroxylation sites is 1. The van der Waals surface area contributed by atoms with Gasteiger partial charge in [0.05, 0.1) is 16.3 Å². The Hall–Kier alpha value is -2.47. The number of hydrogen-bond donors (Lipinski definition) is 1. The number of hydrogen-bond acceptors (Lipinski definition) is 4. The summed E-state index contributed by atoms with van der Waals surface area (Å²) in [6.45, 7) is 0. The minimum atomic E-state index is -0.492. The van der Waals surface area contributed by atoms with Gasteiger partial charge in [0.2, 0.25) is 0 Å². The Morgan fingerprint density at radius 1 is 1.15 bits per heavy atom. The van der Waals surface area contributed by atoms with Crippen LogP contribution in [-0.4, -0.2) is 20.2 Å². The third kappa shape index (κ3) is 2.10. The zero-order valence-electron chi connectivity index (χ0n) is 10.2. The molecule has 2 aromatic carbocycles. The normalized spacial score (nSPS) is 10.7. The third-order valence-electron chi connectivity index (χ3n) is 2.78. The van der Waals surface area contributed by atoms with E-state index in [0.717, 1.165) is 0 Å². The molecular formula is C13H9ClFN5. The average Bonchev–Trinajstić information content (AvgIpc) is 2.88. The van der Waals surface area contributed by atoms with Gasteiger partial charge in [0.15, 0.2) is 5.82 Å². The SMILES string of the molecule is Nc1ccc(-c2nnnn2-c2ccccc2Cl)c(F)c1. The van der Waals surface area contributed by atoms with Crippen LogP contribution < -0.4 is 5.73 Å². The molecule has 1 heterocycles. The summed E-state index contributed by atoms with van der Waals surface area (Å²) in [5, 5.41) is 11.8. The van der Waals surface area contributed by atoms with Crippen LogP contribution in [0.4, 0.5) is 10.1 Å². The molecule has 0 atom stereocenters. The minimum absolute atomic E-state index is 0.254. The zero-order valence-corrected chi connectivity index (χ0v) is 10.9. The molecule has 3 aromatic rings. The van der Waals surface area contributed by atoms with Crippen molar-refractivity contribution in [2.24, 2.45) is 0 Å². The fourth-order valence-corrected chi connectivity index (χ4v) is 2.07. The van der Waals surface area contributed by atoms with E-state index in [-0.39, 0.29) is 11.4 Å². The molecule has 0 aliphatic rings. The van der Waals surface area contributed by atoms with Crippen LogP contribution in [0.3, 0.4) is 0 Å². The number of nitrogens with zero attached hydrogens (tertiary/aromatic N) is 4. The minimum Gasteiger partial charge on any atom is -0.399 e. The smallest absolute Gasteiger partial charge is 0.190 e. The summed E-state index contributed by atoms with van der Waals surface area (Å²) in [5.41, 5.74) is 6.70. The molecule has 0 spiro atoms. The lowest BCUT2D eigenvalue weighted by Gasteiger charge is -2.07. The van der Waals surface area contributed by atoms with Crippen LogP contribution >= 0.6 is 11.6 Å². The van der Waals surface area contributed by atoms with Crippen molar-refractivity contribution in [2.45, 2.75) is 0 Å². The highest BCUT2D eigenvalue weighted by molar-refractivity contribution is 6.32. The van der Waals surface area contributed by atoms with E-state index in [4.69, 9.17) is 17.3 Å². The largest absolute Gasteiger partial charge is 0.399 e. The molecule has 100 valence electrons. The Kier molecular flexibility index (Phi) is 3.08. The molecule has 0 saturated heterocycles. The second-order valence-corrected chi connectivity index (χ2v) is 4.51. The monoisotopic (exact) mass is 289 g/mol. The summed E-state index contributed by atoms with van der Waals surface area (Å²) in [5.74, 6) is -0.233. The molecule has 1 aromatic heterocycles. The van der Waals surface area contributed by atoms with Crippen LogP contribution in [0.1, 0.15) is 0 Å². The first-order valence-corrected chi connectivity index (χ1v) is 6.13. The highest BCUT2D eigenvalue weighted by Crippen LogP contribution is 2.26. The summed E-state index contributed by atoms with van der Waals surface area (Å²) in [7, 11) is 0. The number of benzene rings is 2. The highest BCUT2D eigenvalue weighted by atomic mass is 35.5. The molecule has 2 N–H and O–H groups in total. The van der Waals surface area contributed by atoms with Gasteiger partial charge in [-0.25, -0.2) is 4.39 Å². The molecule has 7 heteroatoms. The standard InChI is InChI=1S/C13H9ClFN5/c14-10-3-1-2-4-12(10)20-13(17-18-19-20)9-6-5-8(16)7-11(9)15/h1-7H,16H2. The van der Waals surface area contributed by atoms with Crippen molar-refractivity contribution in [2.75, 3.05) is 5.73 Å². The lowest BCUT2D eigenvalue weighted by atomic mass is 10.2. The quantitative estimate of drug-likeness (QED) is 0.736. The summed E-state index contributed by atoms with van der Waals surface area (Å²) in [6, 6.07) is 11.4. The predicted octanol–water partition coefficient (Wildman–Crippen LogP) is 2.70. The lowest BCUT2D eigenvalue weighted by molar-refractivity contribution is 0.629. The van der Waals surface area contributed by atoms with E-state index >= 15 is 0 Å². The van der Waals surface area contributed by atoms with E-state index in [1.165, 1.54) is 16.8 Å².